The summed E-state index contributed by atoms with van der Waals surface area (Å²) in [6, 6.07) is 10.4. The van der Waals surface area contributed by atoms with Gasteiger partial charge in [-0.3, -0.25) is 4.99 Å². The Hall–Kier alpha value is -1.65. The van der Waals surface area contributed by atoms with Gasteiger partial charge in [-0.2, -0.15) is 0 Å². The summed E-state index contributed by atoms with van der Waals surface area (Å²) in [7, 11) is 1.76. The molecule has 29 heavy (non-hydrogen) atoms. The van der Waals surface area contributed by atoms with E-state index in [0.29, 0.717) is 32.9 Å². The van der Waals surface area contributed by atoms with Crippen LogP contribution in [0, 0.1) is 0 Å². The molecule has 1 aromatic carbocycles. The molecule has 0 aliphatic carbocycles. The zero-order valence-corrected chi connectivity index (χ0v) is 19.8. The van der Waals surface area contributed by atoms with Crippen molar-refractivity contribution in [2.24, 2.45) is 4.99 Å². The highest BCUT2D eigenvalue weighted by molar-refractivity contribution is 14.0. The Kier molecular flexibility index (Phi) is 14.2. The van der Waals surface area contributed by atoms with Crippen LogP contribution in [0.2, 0.25) is 0 Å². The molecular formula is C21H34IN5O2. The summed E-state index contributed by atoms with van der Waals surface area (Å²) in [6.07, 6.45) is 6.08. The highest BCUT2D eigenvalue weighted by Gasteiger charge is 2.05. The van der Waals surface area contributed by atoms with Crippen LogP contribution in [0.15, 0.2) is 47.7 Å². The first-order valence-corrected chi connectivity index (χ1v) is 9.97. The molecule has 0 aliphatic heterocycles. The molecule has 2 aromatic rings. The fourth-order valence-electron chi connectivity index (χ4n) is 2.62. The number of nitrogens with zero attached hydrogens (tertiary/aromatic N) is 3. The van der Waals surface area contributed by atoms with E-state index in [2.05, 4.69) is 56.4 Å². The fraction of sp³-hybridized carbons (Fsp3) is 0.524. The average Bonchev–Trinajstić information content (AvgIpc) is 3.16. The second-order valence-corrected chi connectivity index (χ2v) is 6.39. The van der Waals surface area contributed by atoms with E-state index >= 15 is 0 Å². The Morgan fingerprint density at radius 3 is 2.55 bits per heavy atom. The lowest BCUT2D eigenvalue weighted by atomic mass is 10.2. The molecule has 7 nitrogen and oxygen atoms in total. The second kappa shape index (κ2) is 16.2. The van der Waals surface area contributed by atoms with Crippen LogP contribution < -0.4 is 10.6 Å². The van der Waals surface area contributed by atoms with Crippen molar-refractivity contribution in [2.45, 2.75) is 32.9 Å². The Labute approximate surface area is 191 Å². The van der Waals surface area contributed by atoms with Gasteiger partial charge in [-0.15, -0.1) is 24.0 Å². The van der Waals surface area contributed by atoms with Gasteiger partial charge < -0.3 is 24.7 Å². The molecule has 0 bridgehead atoms. The predicted octanol–water partition coefficient (Wildman–Crippen LogP) is 3.05. The predicted molar refractivity (Wildman–Crippen MR) is 128 cm³/mol. The number of rotatable bonds is 13. The third-order valence-electron chi connectivity index (χ3n) is 4.19. The number of aromatic nitrogens is 2. The highest BCUT2D eigenvalue weighted by Crippen LogP contribution is 2.05. The van der Waals surface area contributed by atoms with Crippen LogP contribution in [0.25, 0.3) is 0 Å². The van der Waals surface area contributed by atoms with Gasteiger partial charge in [-0.1, -0.05) is 43.7 Å². The molecule has 1 aromatic heterocycles. The van der Waals surface area contributed by atoms with Crippen LogP contribution in [-0.4, -0.2) is 55.5 Å². The smallest absolute Gasteiger partial charge is 0.191 e. The van der Waals surface area contributed by atoms with Crippen molar-refractivity contribution in [3.05, 3.63) is 54.1 Å². The fourth-order valence-corrected chi connectivity index (χ4v) is 2.62. The van der Waals surface area contributed by atoms with Crippen molar-refractivity contribution in [1.82, 2.24) is 20.2 Å². The van der Waals surface area contributed by atoms with E-state index in [4.69, 9.17) is 9.47 Å². The van der Waals surface area contributed by atoms with E-state index in [1.165, 1.54) is 5.56 Å². The van der Waals surface area contributed by atoms with Gasteiger partial charge in [0.2, 0.25) is 0 Å². The van der Waals surface area contributed by atoms with Crippen molar-refractivity contribution in [2.75, 3.05) is 40.0 Å². The van der Waals surface area contributed by atoms with Gasteiger partial charge in [0.15, 0.2) is 5.96 Å². The number of imidazole rings is 1. The normalized spacial score (nSPS) is 11.2. The summed E-state index contributed by atoms with van der Waals surface area (Å²) in [6.45, 7) is 6.94. The Morgan fingerprint density at radius 2 is 1.83 bits per heavy atom. The number of aliphatic imine (C=N–C) groups is 1. The molecule has 2 N–H and O–H groups in total. The summed E-state index contributed by atoms with van der Waals surface area (Å²) in [5, 5.41) is 6.55. The minimum Gasteiger partial charge on any atom is -0.379 e. The molecule has 0 amide bonds. The lowest BCUT2D eigenvalue weighted by Crippen LogP contribution is -2.39. The van der Waals surface area contributed by atoms with Crippen LogP contribution in [-0.2, 0) is 22.6 Å². The van der Waals surface area contributed by atoms with Crippen molar-refractivity contribution in [3.8, 4) is 0 Å². The summed E-state index contributed by atoms with van der Waals surface area (Å²) in [5.74, 6) is 1.70. The molecule has 162 valence electrons. The zero-order chi connectivity index (χ0) is 19.9. The largest absolute Gasteiger partial charge is 0.379 e. The minimum absolute atomic E-state index is 0. The maximum absolute atomic E-state index is 5.56. The number of hydrogen-bond donors (Lipinski definition) is 2. The van der Waals surface area contributed by atoms with E-state index < -0.39 is 0 Å². The van der Waals surface area contributed by atoms with E-state index in [1.54, 1.807) is 7.05 Å². The van der Waals surface area contributed by atoms with Crippen LogP contribution in [0.5, 0.6) is 0 Å². The van der Waals surface area contributed by atoms with Crippen LogP contribution >= 0.6 is 24.0 Å². The summed E-state index contributed by atoms with van der Waals surface area (Å²) in [4.78, 5) is 8.70. The number of unbranched alkanes of at least 4 members (excludes halogenated alkanes) is 1. The van der Waals surface area contributed by atoms with Gasteiger partial charge in [-0.25, -0.2) is 4.98 Å². The molecule has 0 saturated heterocycles. The number of ether oxygens (including phenoxy) is 2. The van der Waals surface area contributed by atoms with E-state index in [1.807, 2.05) is 18.5 Å². The maximum atomic E-state index is 5.56. The monoisotopic (exact) mass is 515 g/mol. The average molecular weight is 515 g/mol. The molecule has 0 radical (unpaired) electrons. The maximum Gasteiger partial charge on any atom is 0.191 e. The first-order valence-electron chi connectivity index (χ1n) is 9.97. The Morgan fingerprint density at radius 1 is 1.07 bits per heavy atom. The van der Waals surface area contributed by atoms with Gasteiger partial charge in [0.05, 0.1) is 26.4 Å². The molecule has 8 heteroatoms. The number of nitrogens with one attached hydrogen (secondary N) is 2. The third-order valence-corrected chi connectivity index (χ3v) is 4.19. The molecule has 0 spiro atoms. The number of halogens is 1. The van der Waals surface area contributed by atoms with Crippen LogP contribution in [0.4, 0.5) is 0 Å². The minimum atomic E-state index is 0. The van der Waals surface area contributed by atoms with Crippen LogP contribution in [0.1, 0.15) is 31.2 Å². The molecule has 0 atom stereocenters. The van der Waals surface area contributed by atoms with Gasteiger partial charge in [0.25, 0.3) is 0 Å². The summed E-state index contributed by atoms with van der Waals surface area (Å²) >= 11 is 0. The number of benzene rings is 1. The van der Waals surface area contributed by atoms with Gasteiger partial charge >= 0.3 is 0 Å². The third kappa shape index (κ3) is 10.6. The van der Waals surface area contributed by atoms with Crippen molar-refractivity contribution < 1.29 is 9.47 Å². The first kappa shape index (κ1) is 25.4. The SMILES string of the molecule is CCCCOCCOCCNC(=NC)NCc1nccn1Cc1ccccc1.I. The van der Waals surface area contributed by atoms with E-state index in [0.717, 1.165) is 37.8 Å². The quantitative estimate of drug-likeness (QED) is 0.186. The molecule has 0 unspecified atom stereocenters. The standard InChI is InChI=1S/C21H33N5O2.HI/c1-3-4-13-27-15-16-28-14-11-24-21(22-2)25-17-20-23-10-12-26(20)18-19-8-6-5-7-9-19;/h5-10,12H,3-4,11,13-18H2,1-2H3,(H2,22,24,25);1H. The molecule has 0 fully saturated rings. The topological polar surface area (TPSA) is 72.7 Å². The lowest BCUT2D eigenvalue weighted by molar-refractivity contribution is 0.0487. The van der Waals surface area contributed by atoms with E-state index in [-0.39, 0.29) is 24.0 Å². The number of guanidine groups is 1. The second-order valence-electron chi connectivity index (χ2n) is 6.39. The summed E-state index contributed by atoms with van der Waals surface area (Å²) < 4.78 is 13.2. The lowest BCUT2D eigenvalue weighted by Gasteiger charge is -2.13. The highest BCUT2D eigenvalue weighted by atomic mass is 127. The molecule has 0 aliphatic rings. The molecule has 2 rings (SSSR count). The van der Waals surface area contributed by atoms with Gasteiger partial charge in [0, 0.05) is 39.1 Å². The Bertz CT molecular complexity index is 679. The first-order chi connectivity index (χ1) is 13.8. The summed E-state index contributed by atoms with van der Waals surface area (Å²) in [5.41, 5.74) is 1.25. The molecule has 0 saturated carbocycles. The van der Waals surface area contributed by atoms with E-state index in [9.17, 15) is 0 Å². The molecular weight excluding hydrogens is 481 g/mol. The van der Waals surface area contributed by atoms with Crippen molar-refractivity contribution in [1.29, 1.82) is 0 Å². The van der Waals surface area contributed by atoms with Crippen LogP contribution in [0.3, 0.4) is 0 Å². The van der Waals surface area contributed by atoms with Crippen molar-refractivity contribution >= 4 is 29.9 Å². The molecule has 1 heterocycles. The van der Waals surface area contributed by atoms with Gasteiger partial charge in [-0.05, 0) is 12.0 Å². The van der Waals surface area contributed by atoms with Crippen molar-refractivity contribution in [3.63, 3.8) is 0 Å². The zero-order valence-electron chi connectivity index (χ0n) is 17.5. The Balaban J connectivity index is 0.00000420. The van der Waals surface area contributed by atoms with Gasteiger partial charge in [0.1, 0.15) is 5.82 Å². The number of hydrogen-bond acceptors (Lipinski definition) is 4.